The molecule has 1 amide bonds. The first-order valence-corrected chi connectivity index (χ1v) is 8.60. The van der Waals surface area contributed by atoms with Crippen LogP contribution in [-0.4, -0.2) is 17.6 Å². The summed E-state index contributed by atoms with van der Waals surface area (Å²) in [6, 6.07) is 17.8. The Kier molecular flexibility index (Phi) is 5.69. The third kappa shape index (κ3) is 4.51. The molecular formula is C21H22N2O3. The molecule has 0 saturated carbocycles. The highest BCUT2D eigenvalue weighted by Gasteiger charge is 2.20. The Morgan fingerprint density at radius 1 is 1.08 bits per heavy atom. The van der Waals surface area contributed by atoms with Gasteiger partial charge in [-0.2, -0.15) is 0 Å². The van der Waals surface area contributed by atoms with Crippen LogP contribution >= 0.6 is 0 Å². The maximum atomic E-state index is 12.4. The number of carbonyl (C=O) groups excluding carboxylic acids is 1. The number of benzene rings is 2. The van der Waals surface area contributed by atoms with Crippen LogP contribution in [0.4, 0.5) is 0 Å². The van der Waals surface area contributed by atoms with E-state index in [0.717, 1.165) is 17.7 Å². The van der Waals surface area contributed by atoms with E-state index in [0.29, 0.717) is 17.9 Å². The zero-order valence-corrected chi connectivity index (χ0v) is 15.0. The summed E-state index contributed by atoms with van der Waals surface area (Å²) >= 11 is 0. The predicted octanol–water partition coefficient (Wildman–Crippen LogP) is 3.84. The van der Waals surface area contributed by atoms with Gasteiger partial charge in [-0.05, 0) is 38.0 Å². The number of rotatable bonds is 7. The molecule has 1 N–H and O–H groups in total. The SMILES string of the molecule is Cc1ccc(OCc2c(C(=O)NCCc3ccccc3)noc2C)cc1. The third-order valence-corrected chi connectivity index (χ3v) is 4.15. The summed E-state index contributed by atoms with van der Waals surface area (Å²) in [5.41, 5.74) is 3.29. The van der Waals surface area contributed by atoms with Crippen molar-refractivity contribution in [3.05, 3.63) is 82.7 Å². The number of nitrogens with zero attached hydrogens (tertiary/aromatic N) is 1. The number of carbonyl (C=O) groups is 1. The minimum absolute atomic E-state index is 0.236. The fourth-order valence-electron chi connectivity index (χ4n) is 2.58. The van der Waals surface area contributed by atoms with E-state index in [1.54, 1.807) is 6.92 Å². The lowest BCUT2D eigenvalue weighted by Gasteiger charge is -2.08. The summed E-state index contributed by atoms with van der Waals surface area (Å²) in [5.74, 6) is 1.08. The molecule has 0 unspecified atom stereocenters. The third-order valence-electron chi connectivity index (χ3n) is 4.15. The van der Waals surface area contributed by atoms with Crippen molar-refractivity contribution in [1.82, 2.24) is 10.5 Å². The van der Waals surface area contributed by atoms with Gasteiger partial charge < -0.3 is 14.6 Å². The molecule has 1 heterocycles. The van der Waals surface area contributed by atoms with E-state index in [2.05, 4.69) is 10.5 Å². The first kappa shape index (κ1) is 17.7. The van der Waals surface area contributed by atoms with E-state index in [1.807, 2.05) is 61.5 Å². The van der Waals surface area contributed by atoms with Gasteiger partial charge in [0.2, 0.25) is 0 Å². The van der Waals surface area contributed by atoms with E-state index >= 15 is 0 Å². The molecule has 5 nitrogen and oxygen atoms in total. The highest BCUT2D eigenvalue weighted by Crippen LogP contribution is 2.18. The molecular weight excluding hydrogens is 328 g/mol. The Bertz CT molecular complexity index is 855. The van der Waals surface area contributed by atoms with Crippen molar-refractivity contribution in [3.8, 4) is 5.75 Å². The summed E-state index contributed by atoms with van der Waals surface area (Å²) in [6.45, 7) is 4.57. The largest absolute Gasteiger partial charge is 0.489 e. The lowest BCUT2D eigenvalue weighted by molar-refractivity contribution is 0.0943. The molecule has 0 aliphatic heterocycles. The summed E-state index contributed by atoms with van der Waals surface area (Å²) in [5, 5.41) is 6.79. The minimum atomic E-state index is -0.250. The van der Waals surface area contributed by atoms with Crippen LogP contribution in [0.25, 0.3) is 0 Å². The second-order valence-corrected chi connectivity index (χ2v) is 6.16. The maximum absolute atomic E-state index is 12.4. The van der Waals surface area contributed by atoms with Gasteiger partial charge in [-0.1, -0.05) is 53.2 Å². The molecule has 3 aromatic rings. The molecule has 0 aliphatic rings. The molecule has 0 aliphatic carbocycles. The zero-order valence-electron chi connectivity index (χ0n) is 15.0. The van der Waals surface area contributed by atoms with Crippen LogP contribution in [0.15, 0.2) is 59.1 Å². The molecule has 0 saturated heterocycles. The van der Waals surface area contributed by atoms with Gasteiger partial charge in [0.25, 0.3) is 5.91 Å². The highest BCUT2D eigenvalue weighted by molar-refractivity contribution is 5.93. The monoisotopic (exact) mass is 350 g/mol. The number of ether oxygens (including phenoxy) is 1. The van der Waals surface area contributed by atoms with Crippen LogP contribution in [0.5, 0.6) is 5.75 Å². The predicted molar refractivity (Wildman–Crippen MR) is 99.2 cm³/mol. The molecule has 5 heteroatoms. The Balaban J connectivity index is 1.59. The molecule has 0 bridgehead atoms. The molecule has 3 rings (SSSR count). The van der Waals surface area contributed by atoms with Gasteiger partial charge in [0.05, 0.1) is 5.56 Å². The first-order valence-electron chi connectivity index (χ1n) is 8.60. The van der Waals surface area contributed by atoms with Crippen molar-refractivity contribution in [1.29, 1.82) is 0 Å². The van der Waals surface area contributed by atoms with Gasteiger partial charge in [-0.15, -0.1) is 0 Å². The fourth-order valence-corrected chi connectivity index (χ4v) is 2.58. The quantitative estimate of drug-likeness (QED) is 0.703. The van der Waals surface area contributed by atoms with Gasteiger partial charge in [0, 0.05) is 6.54 Å². The normalized spacial score (nSPS) is 10.5. The first-order chi connectivity index (χ1) is 12.6. The average Bonchev–Trinajstić information content (AvgIpc) is 3.03. The average molecular weight is 350 g/mol. The van der Waals surface area contributed by atoms with Crippen molar-refractivity contribution in [2.45, 2.75) is 26.9 Å². The highest BCUT2D eigenvalue weighted by atomic mass is 16.5. The van der Waals surface area contributed by atoms with Crippen LogP contribution in [0.3, 0.4) is 0 Å². The fraction of sp³-hybridized carbons (Fsp3) is 0.238. The van der Waals surface area contributed by atoms with Crippen molar-refractivity contribution in [3.63, 3.8) is 0 Å². The molecule has 0 fully saturated rings. The molecule has 0 spiro atoms. The maximum Gasteiger partial charge on any atom is 0.273 e. The Hall–Kier alpha value is -3.08. The van der Waals surface area contributed by atoms with E-state index in [1.165, 1.54) is 5.56 Å². The Morgan fingerprint density at radius 2 is 1.81 bits per heavy atom. The van der Waals surface area contributed by atoms with Crippen LogP contribution in [-0.2, 0) is 13.0 Å². The summed E-state index contributed by atoms with van der Waals surface area (Å²) in [7, 11) is 0. The molecule has 0 atom stereocenters. The van der Waals surface area contributed by atoms with Gasteiger partial charge in [0.1, 0.15) is 18.1 Å². The molecule has 134 valence electrons. The summed E-state index contributed by atoms with van der Waals surface area (Å²) < 4.78 is 11.0. The van der Waals surface area contributed by atoms with Crippen molar-refractivity contribution in [2.24, 2.45) is 0 Å². The number of aromatic nitrogens is 1. The molecule has 2 aromatic carbocycles. The van der Waals surface area contributed by atoms with Gasteiger partial charge in [-0.25, -0.2) is 0 Å². The lowest BCUT2D eigenvalue weighted by Crippen LogP contribution is -2.27. The van der Waals surface area contributed by atoms with E-state index < -0.39 is 0 Å². The van der Waals surface area contributed by atoms with E-state index in [9.17, 15) is 4.79 Å². The van der Waals surface area contributed by atoms with Crippen LogP contribution in [0.1, 0.15) is 32.9 Å². The lowest BCUT2D eigenvalue weighted by atomic mass is 10.1. The second-order valence-electron chi connectivity index (χ2n) is 6.16. The van der Waals surface area contributed by atoms with E-state index in [-0.39, 0.29) is 18.2 Å². The number of aryl methyl sites for hydroxylation is 2. The number of nitrogens with one attached hydrogen (secondary N) is 1. The molecule has 26 heavy (non-hydrogen) atoms. The summed E-state index contributed by atoms with van der Waals surface area (Å²) in [4.78, 5) is 12.4. The van der Waals surface area contributed by atoms with Crippen LogP contribution in [0, 0.1) is 13.8 Å². The Morgan fingerprint density at radius 3 is 2.54 bits per heavy atom. The van der Waals surface area contributed by atoms with Gasteiger partial charge in [0.15, 0.2) is 5.69 Å². The topological polar surface area (TPSA) is 64.4 Å². The number of hydrogen-bond donors (Lipinski definition) is 1. The van der Waals surface area contributed by atoms with E-state index in [4.69, 9.17) is 9.26 Å². The van der Waals surface area contributed by atoms with Crippen LogP contribution in [0.2, 0.25) is 0 Å². The second kappa shape index (κ2) is 8.34. The van der Waals surface area contributed by atoms with Gasteiger partial charge >= 0.3 is 0 Å². The molecule has 1 aromatic heterocycles. The summed E-state index contributed by atoms with van der Waals surface area (Å²) in [6.07, 6.45) is 0.763. The molecule has 0 radical (unpaired) electrons. The van der Waals surface area contributed by atoms with Gasteiger partial charge in [-0.3, -0.25) is 4.79 Å². The zero-order chi connectivity index (χ0) is 18.4. The van der Waals surface area contributed by atoms with Crippen molar-refractivity contribution >= 4 is 5.91 Å². The number of hydrogen-bond acceptors (Lipinski definition) is 4. The van der Waals surface area contributed by atoms with Crippen molar-refractivity contribution < 1.29 is 14.1 Å². The van der Waals surface area contributed by atoms with Crippen molar-refractivity contribution in [2.75, 3.05) is 6.54 Å². The smallest absolute Gasteiger partial charge is 0.273 e. The number of amides is 1. The van der Waals surface area contributed by atoms with Crippen LogP contribution < -0.4 is 10.1 Å². The Labute approximate surface area is 153 Å². The minimum Gasteiger partial charge on any atom is -0.489 e. The standard InChI is InChI=1S/C21H22N2O3/c1-15-8-10-18(11-9-15)25-14-19-16(2)26-23-20(19)21(24)22-13-12-17-6-4-3-5-7-17/h3-11H,12-14H2,1-2H3,(H,22,24).